The molecule has 0 amide bonds. The standard InChI is InChI=1S/C17H32O3/c1-6-8-9-10-11-12-13-16(19-7-2)15(5)20-17(18)14(3)4/h15-16H,3,6-13H2,1-2,4-5H3. The molecule has 0 bridgehead atoms. The van der Waals surface area contributed by atoms with Crippen LogP contribution in [0.4, 0.5) is 0 Å². The highest BCUT2D eigenvalue weighted by Gasteiger charge is 2.21. The average Bonchev–Trinajstić information content (AvgIpc) is 2.41. The van der Waals surface area contributed by atoms with E-state index in [1.807, 2.05) is 13.8 Å². The van der Waals surface area contributed by atoms with Crippen LogP contribution in [0.3, 0.4) is 0 Å². The number of hydrogen-bond donors (Lipinski definition) is 0. The van der Waals surface area contributed by atoms with Crippen molar-refractivity contribution in [2.45, 2.75) is 84.8 Å². The van der Waals surface area contributed by atoms with Gasteiger partial charge in [-0.15, -0.1) is 0 Å². The lowest BCUT2D eigenvalue weighted by atomic mass is 10.0. The van der Waals surface area contributed by atoms with Crippen LogP contribution in [-0.2, 0) is 14.3 Å². The van der Waals surface area contributed by atoms with Gasteiger partial charge in [0.2, 0.25) is 0 Å². The molecule has 0 saturated carbocycles. The molecule has 20 heavy (non-hydrogen) atoms. The molecule has 0 saturated heterocycles. The first kappa shape index (κ1) is 19.2. The highest BCUT2D eigenvalue weighted by atomic mass is 16.6. The molecule has 0 aromatic carbocycles. The van der Waals surface area contributed by atoms with E-state index >= 15 is 0 Å². The molecule has 2 atom stereocenters. The van der Waals surface area contributed by atoms with Gasteiger partial charge in [-0.1, -0.05) is 52.0 Å². The van der Waals surface area contributed by atoms with E-state index < -0.39 is 0 Å². The lowest BCUT2D eigenvalue weighted by Gasteiger charge is -2.24. The average molecular weight is 284 g/mol. The fraction of sp³-hybridized carbons (Fsp3) is 0.824. The third kappa shape index (κ3) is 9.13. The Balaban J connectivity index is 4.01. The van der Waals surface area contributed by atoms with Gasteiger partial charge >= 0.3 is 5.97 Å². The lowest BCUT2D eigenvalue weighted by Crippen LogP contribution is -2.31. The molecule has 3 heteroatoms. The molecule has 0 heterocycles. The third-order valence-corrected chi connectivity index (χ3v) is 3.39. The molecule has 3 nitrogen and oxygen atoms in total. The monoisotopic (exact) mass is 284 g/mol. The summed E-state index contributed by atoms with van der Waals surface area (Å²) in [5.41, 5.74) is 0.437. The van der Waals surface area contributed by atoms with Gasteiger partial charge in [0.15, 0.2) is 0 Å². The molecule has 0 aliphatic rings. The molecular formula is C17H32O3. The largest absolute Gasteiger partial charge is 0.457 e. The van der Waals surface area contributed by atoms with Crippen molar-refractivity contribution in [2.75, 3.05) is 6.61 Å². The van der Waals surface area contributed by atoms with Gasteiger partial charge in [0.1, 0.15) is 6.10 Å². The van der Waals surface area contributed by atoms with E-state index in [0.29, 0.717) is 12.2 Å². The lowest BCUT2D eigenvalue weighted by molar-refractivity contribution is -0.151. The molecule has 0 aromatic heterocycles. The summed E-state index contributed by atoms with van der Waals surface area (Å²) in [5, 5.41) is 0. The summed E-state index contributed by atoms with van der Waals surface area (Å²) in [6.07, 6.45) is 8.28. The second-order valence-corrected chi connectivity index (χ2v) is 5.44. The van der Waals surface area contributed by atoms with Crippen molar-refractivity contribution in [1.29, 1.82) is 0 Å². The highest BCUT2D eigenvalue weighted by molar-refractivity contribution is 5.87. The molecule has 0 spiro atoms. The summed E-state index contributed by atoms with van der Waals surface area (Å²) in [6, 6.07) is 0. The molecule has 0 aliphatic carbocycles. The van der Waals surface area contributed by atoms with Gasteiger partial charge in [0.25, 0.3) is 0 Å². The van der Waals surface area contributed by atoms with Crippen LogP contribution in [0.25, 0.3) is 0 Å². The van der Waals surface area contributed by atoms with Gasteiger partial charge in [-0.2, -0.15) is 0 Å². The van der Waals surface area contributed by atoms with E-state index in [0.717, 1.165) is 12.8 Å². The van der Waals surface area contributed by atoms with Crippen LogP contribution in [0, 0.1) is 0 Å². The van der Waals surface area contributed by atoms with Crippen LogP contribution in [0.2, 0.25) is 0 Å². The number of carbonyl (C=O) groups is 1. The number of esters is 1. The van der Waals surface area contributed by atoms with Gasteiger partial charge in [-0.05, 0) is 27.2 Å². The van der Waals surface area contributed by atoms with E-state index in [1.54, 1.807) is 6.92 Å². The molecule has 2 unspecified atom stereocenters. The van der Waals surface area contributed by atoms with Crippen molar-refractivity contribution in [1.82, 2.24) is 0 Å². The van der Waals surface area contributed by atoms with Crippen molar-refractivity contribution in [3.05, 3.63) is 12.2 Å². The van der Waals surface area contributed by atoms with Crippen molar-refractivity contribution >= 4 is 5.97 Å². The second kappa shape index (κ2) is 12.0. The Bertz CT molecular complexity index is 273. The highest BCUT2D eigenvalue weighted by Crippen LogP contribution is 2.15. The maximum atomic E-state index is 11.5. The summed E-state index contributed by atoms with van der Waals surface area (Å²) >= 11 is 0. The predicted molar refractivity (Wildman–Crippen MR) is 83.8 cm³/mol. The normalized spacial score (nSPS) is 13.8. The van der Waals surface area contributed by atoms with Crippen LogP contribution in [0.1, 0.15) is 72.6 Å². The molecule has 118 valence electrons. The number of unbranched alkanes of at least 4 members (excludes halogenated alkanes) is 5. The number of carbonyl (C=O) groups excluding carboxylic acids is 1. The Kier molecular flexibility index (Phi) is 11.5. The van der Waals surface area contributed by atoms with Gasteiger partial charge in [0, 0.05) is 12.2 Å². The van der Waals surface area contributed by atoms with Crippen molar-refractivity contribution in [3.63, 3.8) is 0 Å². The fourth-order valence-corrected chi connectivity index (χ4v) is 2.14. The summed E-state index contributed by atoms with van der Waals surface area (Å²) < 4.78 is 11.1. The Morgan fingerprint density at radius 2 is 1.70 bits per heavy atom. The number of rotatable bonds is 12. The van der Waals surface area contributed by atoms with E-state index in [1.165, 1.54) is 32.1 Å². The maximum Gasteiger partial charge on any atom is 0.333 e. The molecule has 0 aliphatic heterocycles. The first-order valence-corrected chi connectivity index (χ1v) is 8.01. The molecule has 0 N–H and O–H groups in total. The van der Waals surface area contributed by atoms with Crippen LogP contribution < -0.4 is 0 Å². The maximum absolute atomic E-state index is 11.5. The second-order valence-electron chi connectivity index (χ2n) is 5.44. The summed E-state index contributed by atoms with van der Waals surface area (Å²) in [5.74, 6) is -0.329. The third-order valence-electron chi connectivity index (χ3n) is 3.39. The van der Waals surface area contributed by atoms with Crippen molar-refractivity contribution in [2.24, 2.45) is 0 Å². The molecule has 0 fully saturated rings. The minimum Gasteiger partial charge on any atom is -0.457 e. The van der Waals surface area contributed by atoms with Crippen LogP contribution in [0.5, 0.6) is 0 Å². The molecule has 0 rings (SSSR count). The Morgan fingerprint density at radius 1 is 1.10 bits per heavy atom. The zero-order valence-corrected chi connectivity index (χ0v) is 13.7. The number of hydrogen-bond acceptors (Lipinski definition) is 3. The summed E-state index contributed by atoms with van der Waals surface area (Å²) in [7, 11) is 0. The Morgan fingerprint density at radius 3 is 2.25 bits per heavy atom. The molecule has 0 radical (unpaired) electrons. The predicted octanol–water partition coefficient (Wildman–Crippen LogP) is 4.65. The zero-order chi connectivity index (χ0) is 15.4. The first-order chi connectivity index (χ1) is 9.52. The smallest absolute Gasteiger partial charge is 0.333 e. The van der Waals surface area contributed by atoms with Crippen LogP contribution in [-0.4, -0.2) is 24.8 Å². The molecular weight excluding hydrogens is 252 g/mol. The summed E-state index contributed by atoms with van der Waals surface area (Å²) in [4.78, 5) is 11.5. The van der Waals surface area contributed by atoms with Crippen LogP contribution >= 0.6 is 0 Å². The molecule has 0 aromatic rings. The van der Waals surface area contributed by atoms with Gasteiger partial charge < -0.3 is 9.47 Å². The van der Waals surface area contributed by atoms with E-state index in [2.05, 4.69) is 13.5 Å². The van der Waals surface area contributed by atoms with Gasteiger partial charge in [-0.3, -0.25) is 0 Å². The van der Waals surface area contributed by atoms with Crippen LogP contribution in [0.15, 0.2) is 12.2 Å². The fourth-order valence-electron chi connectivity index (χ4n) is 2.14. The zero-order valence-electron chi connectivity index (χ0n) is 13.7. The Hall–Kier alpha value is -0.830. The number of ether oxygens (including phenoxy) is 2. The minimum atomic E-state index is -0.329. The van der Waals surface area contributed by atoms with Gasteiger partial charge in [0.05, 0.1) is 6.10 Å². The first-order valence-electron chi connectivity index (χ1n) is 8.01. The topological polar surface area (TPSA) is 35.5 Å². The van der Waals surface area contributed by atoms with E-state index in [4.69, 9.17) is 9.47 Å². The quantitative estimate of drug-likeness (QED) is 0.297. The Labute approximate surface area is 124 Å². The SMILES string of the molecule is C=C(C)C(=O)OC(C)C(CCCCCCCC)OCC. The van der Waals surface area contributed by atoms with E-state index in [9.17, 15) is 4.79 Å². The van der Waals surface area contributed by atoms with Crippen molar-refractivity contribution in [3.8, 4) is 0 Å². The summed E-state index contributed by atoms with van der Waals surface area (Å²) in [6.45, 7) is 12.0. The van der Waals surface area contributed by atoms with E-state index in [-0.39, 0.29) is 18.2 Å². The van der Waals surface area contributed by atoms with Gasteiger partial charge in [-0.25, -0.2) is 4.79 Å². The van der Waals surface area contributed by atoms with Crippen molar-refractivity contribution < 1.29 is 14.3 Å². The minimum absolute atomic E-state index is 0.00512.